The maximum Gasteiger partial charge on any atom is 0.274 e. The van der Waals surface area contributed by atoms with Crippen LogP contribution in [0.3, 0.4) is 0 Å². The van der Waals surface area contributed by atoms with Gasteiger partial charge in [-0.1, -0.05) is 11.6 Å². The van der Waals surface area contributed by atoms with E-state index in [9.17, 15) is 4.79 Å². The Labute approximate surface area is 115 Å². The van der Waals surface area contributed by atoms with E-state index in [2.05, 4.69) is 10.3 Å². The number of aromatic nitrogens is 1. The summed E-state index contributed by atoms with van der Waals surface area (Å²) in [6.45, 7) is 0. The third kappa shape index (κ3) is 3.14. The standard InChI is InChI=1S/C13H12ClN3O2/c1-19-9-3-5-11(10(15)6-9)17-13(18)12-4-2-8(14)7-16-12/h2-7H,15H2,1H3,(H,17,18). The molecule has 0 aliphatic carbocycles. The van der Waals surface area contributed by atoms with Crippen LogP contribution in [0.15, 0.2) is 36.5 Å². The highest BCUT2D eigenvalue weighted by Gasteiger charge is 2.09. The largest absolute Gasteiger partial charge is 0.497 e. The van der Waals surface area contributed by atoms with Crippen LogP contribution in [-0.2, 0) is 0 Å². The van der Waals surface area contributed by atoms with E-state index in [1.54, 1.807) is 31.4 Å². The molecule has 1 aromatic heterocycles. The van der Waals surface area contributed by atoms with Gasteiger partial charge in [-0.05, 0) is 24.3 Å². The molecule has 0 atom stereocenters. The topological polar surface area (TPSA) is 77.2 Å². The third-order valence-corrected chi connectivity index (χ3v) is 2.69. The van der Waals surface area contributed by atoms with Crippen LogP contribution in [0.25, 0.3) is 0 Å². The summed E-state index contributed by atoms with van der Waals surface area (Å²) in [7, 11) is 1.55. The molecular formula is C13H12ClN3O2. The molecule has 2 rings (SSSR count). The van der Waals surface area contributed by atoms with Crippen LogP contribution in [0.5, 0.6) is 5.75 Å². The fourth-order valence-corrected chi connectivity index (χ4v) is 1.59. The molecule has 98 valence electrons. The zero-order chi connectivity index (χ0) is 13.8. The fraction of sp³-hybridized carbons (Fsp3) is 0.0769. The van der Waals surface area contributed by atoms with Crippen LogP contribution in [0.1, 0.15) is 10.5 Å². The Kier molecular flexibility index (Phi) is 3.87. The van der Waals surface area contributed by atoms with Gasteiger partial charge < -0.3 is 15.8 Å². The van der Waals surface area contributed by atoms with Gasteiger partial charge in [-0.2, -0.15) is 0 Å². The normalized spacial score (nSPS) is 10.0. The molecule has 3 N–H and O–H groups in total. The van der Waals surface area contributed by atoms with E-state index in [4.69, 9.17) is 22.1 Å². The lowest BCUT2D eigenvalue weighted by molar-refractivity contribution is 0.102. The van der Waals surface area contributed by atoms with Crippen molar-refractivity contribution < 1.29 is 9.53 Å². The summed E-state index contributed by atoms with van der Waals surface area (Å²) in [5, 5.41) is 3.14. The van der Waals surface area contributed by atoms with E-state index < -0.39 is 0 Å². The highest BCUT2D eigenvalue weighted by atomic mass is 35.5. The monoisotopic (exact) mass is 277 g/mol. The molecule has 5 nitrogen and oxygen atoms in total. The second-order valence-electron chi connectivity index (χ2n) is 3.77. The summed E-state index contributed by atoms with van der Waals surface area (Å²) < 4.78 is 5.03. The first kappa shape index (κ1) is 13.2. The number of pyridine rings is 1. The highest BCUT2D eigenvalue weighted by Crippen LogP contribution is 2.24. The van der Waals surface area contributed by atoms with Crippen molar-refractivity contribution in [1.82, 2.24) is 4.98 Å². The number of ether oxygens (including phenoxy) is 1. The molecule has 0 spiro atoms. The lowest BCUT2D eigenvalue weighted by Crippen LogP contribution is -2.14. The highest BCUT2D eigenvalue weighted by molar-refractivity contribution is 6.30. The molecule has 0 aliphatic heterocycles. The number of nitrogens with one attached hydrogen (secondary N) is 1. The molecule has 19 heavy (non-hydrogen) atoms. The molecule has 0 unspecified atom stereocenters. The van der Waals surface area contributed by atoms with E-state index in [1.807, 2.05) is 0 Å². The number of hydrogen-bond donors (Lipinski definition) is 2. The number of halogens is 1. The first-order chi connectivity index (χ1) is 9.10. The van der Waals surface area contributed by atoms with Crippen molar-refractivity contribution in [1.29, 1.82) is 0 Å². The summed E-state index contributed by atoms with van der Waals surface area (Å²) in [5.41, 5.74) is 7.00. The summed E-state index contributed by atoms with van der Waals surface area (Å²) in [6, 6.07) is 8.15. The molecule has 1 heterocycles. The molecule has 0 fully saturated rings. The third-order valence-electron chi connectivity index (χ3n) is 2.47. The van der Waals surface area contributed by atoms with E-state index in [0.29, 0.717) is 22.1 Å². The van der Waals surface area contributed by atoms with Gasteiger partial charge in [0.05, 0.1) is 23.5 Å². The second-order valence-corrected chi connectivity index (χ2v) is 4.21. The summed E-state index contributed by atoms with van der Waals surface area (Å²) in [4.78, 5) is 15.9. The molecule has 0 radical (unpaired) electrons. The number of carbonyl (C=O) groups excluding carboxylic acids is 1. The minimum atomic E-state index is -0.353. The van der Waals surface area contributed by atoms with Crippen LogP contribution >= 0.6 is 11.6 Å². The number of carbonyl (C=O) groups is 1. The van der Waals surface area contributed by atoms with Crippen LogP contribution in [0, 0.1) is 0 Å². The van der Waals surface area contributed by atoms with Gasteiger partial charge in [-0.3, -0.25) is 4.79 Å². The van der Waals surface area contributed by atoms with Crippen LogP contribution < -0.4 is 15.8 Å². The van der Waals surface area contributed by atoms with Gasteiger partial charge in [0.25, 0.3) is 5.91 Å². The van der Waals surface area contributed by atoms with E-state index in [-0.39, 0.29) is 11.6 Å². The molecule has 0 aliphatic rings. The van der Waals surface area contributed by atoms with Gasteiger partial charge in [0.1, 0.15) is 11.4 Å². The average molecular weight is 278 g/mol. The molecule has 0 bridgehead atoms. The van der Waals surface area contributed by atoms with E-state index in [1.165, 1.54) is 12.3 Å². The Balaban J connectivity index is 2.17. The second kappa shape index (κ2) is 5.58. The Morgan fingerprint density at radius 1 is 1.37 bits per heavy atom. The number of rotatable bonds is 3. The van der Waals surface area contributed by atoms with Crippen LogP contribution in [0.4, 0.5) is 11.4 Å². The number of hydrogen-bond acceptors (Lipinski definition) is 4. The number of methoxy groups -OCH3 is 1. The number of nitrogens with two attached hydrogens (primary N) is 1. The number of nitrogens with zero attached hydrogens (tertiary/aromatic N) is 1. The summed E-state index contributed by atoms with van der Waals surface area (Å²) in [5.74, 6) is 0.272. The Morgan fingerprint density at radius 3 is 2.74 bits per heavy atom. The molecule has 1 amide bonds. The number of amides is 1. The zero-order valence-corrected chi connectivity index (χ0v) is 10.9. The first-order valence-corrected chi connectivity index (χ1v) is 5.84. The molecule has 0 saturated heterocycles. The van der Waals surface area contributed by atoms with Gasteiger partial charge in [0.2, 0.25) is 0 Å². The lowest BCUT2D eigenvalue weighted by atomic mass is 10.2. The SMILES string of the molecule is COc1ccc(NC(=O)c2ccc(Cl)cn2)c(N)c1. The summed E-state index contributed by atoms with van der Waals surface area (Å²) >= 11 is 5.71. The van der Waals surface area contributed by atoms with Crippen molar-refractivity contribution in [2.24, 2.45) is 0 Å². The van der Waals surface area contributed by atoms with Gasteiger partial charge in [0.15, 0.2) is 0 Å². The average Bonchev–Trinajstić information content (AvgIpc) is 2.41. The molecular weight excluding hydrogens is 266 g/mol. The maximum absolute atomic E-state index is 11.9. The Bertz CT molecular complexity index is 599. The quantitative estimate of drug-likeness (QED) is 0.846. The predicted molar refractivity (Wildman–Crippen MR) is 74.6 cm³/mol. The van der Waals surface area contributed by atoms with Gasteiger partial charge in [-0.15, -0.1) is 0 Å². The fourth-order valence-electron chi connectivity index (χ4n) is 1.48. The minimum absolute atomic E-state index is 0.264. The smallest absolute Gasteiger partial charge is 0.274 e. The van der Waals surface area contributed by atoms with Crippen LogP contribution in [0.2, 0.25) is 5.02 Å². The summed E-state index contributed by atoms with van der Waals surface area (Å²) in [6.07, 6.45) is 1.41. The number of nitrogen functional groups attached to an aromatic ring is 1. The zero-order valence-electron chi connectivity index (χ0n) is 10.2. The molecule has 1 aromatic carbocycles. The maximum atomic E-state index is 11.9. The van der Waals surface area contributed by atoms with Gasteiger partial charge in [0, 0.05) is 12.3 Å². The van der Waals surface area contributed by atoms with E-state index in [0.717, 1.165) is 0 Å². The lowest BCUT2D eigenvalue weighted by Gasteiger charge is -2.09. The molecule has 2 aromatic rings. The van der Waals surface area contributed by atoms with Crippen molar-refractivity contribution in [3.05, 3.63) is 47.2 Å². The van der Waals surface area contributed by atoms with Crippen molar-refractivity contribution in [3.63, 3.8) is 0 Å². The Hall–Kier alpha value is -2.27. The Morgan fingerprint density at radius 2 is 2.16 bits per heavy atom. The molecule has 6 heteroatoms. The predicted octanol–water partition coefficient (Wildman–Crippen LogP) is 2.58. The van der Waals surface area contributed by atoms with Crippen LogP contribution in [-0.4, -0.2) is 18.0 Å². The van der Waals surface area contributed by atoms with Crippen molar-refractivity contribution >= 4 is 28.9 Å². The molecule has 0 saturated carbocycles. The number of benzene rings is 1. The van der Waals surface area contributed by atoms with Gasteiger partial charge in [-0.25, -0.2) is 4.98 Å². The van der Waals surface area contributed by atoms with Crippen molar-refractivity contribution in [2.75, 3.05) is 18.2 Å². The van der Waals surface area contributed by atoms with E-state index >= 15 is 0 Å². The van der Waals surface area contributed by atoms with Crippen molar-refractivity contribution in [3.8, 4) is 5.75 Å². The first-order valence-electron chi connectivity index (χ1n) is 5.46. The minimum Gasteiger partial charge on any atom is -0.497 e. The van der Waals surface area contributed by atoms with Crippen molar-refractivity contribution in [2.45, 2.75) is 0 Å². The number of anilines is 2. The van der Waals surface area contributed by atoms with Gasteiger partial charge >= 0.3 is 0 Å².